The van der Waals surface area contributed by atoms with E-state index < -0.39 is 10.0 Å². The molecule has 0 radical (unpaired) electrons. The van der Waals surface area contributed by atoms with Gasteiger partial charge in [0.2, 0.25) is 15.9 Å². The number of nitrogens with one attached hydrogen (secondary N) is 1. The van der Waals surface area contributed by atoms with Crippen molar-refractivity contribution in [2.75, 3.05) is 13.1 Å². The van der Waals surface area contributed by atoms with Crippen molar-refractivity contribution < 1.29 is 13.2 Å². The molecule has 0 unspecified atom stereocenters. The summed E-state index contributed by atoms with van der Waals surface area (Å²) in [5.41, 5.74) is 2.85. The van der Waals surface area contributed by atoms with Crippen LogP contribution in [-0.4, -0.2) is 31.7 Å². The summed E-state index contributed by atoms with van der Waals surface area (Å²) in [6.45, 7) is 4.66. The smallest absolute Gasteiger partial charge is 0.224 e. The fraction of sp³-hybridized carbons (Fsp3) is 0.435. The Hall–Kier alpha value is -1.60. The first-order valence-corrected chi connectivity index (χ1v) is 12.9. The quantitative estimate of drug-likeness (QED) is 0.605. The number of hydrogen-bond acceptors (Lipinski definition) is 3. The van der Waals surface area contributed by atoms with Crippen LogP contribution >= 0.6 is 23.2 Å². The van der Waals surface area contributed by atoms with E-state index in [2.05, 4.69) is 24.4 Å². The van der Waals surface area contributed by atoms with Gasteiger partial charge in [-0.25, -0.2) is 12.7 Å². The maximum atomic E-state index is 12.9. The maximum absolute atomic E-state index is 12.9. The molecule has 1 fully saturated rings. The standard InChI is InChI=1S/C23H28Cl2N2O3S/c1-3-17-6-9-19(10-7-17)16(2)26-23(28)20-5-4-12-27(14-20)31(29,30)15-18-8-11-21(24)22(25)13-18/h6-11,13,16,20H,3-5,12,14-15H2,1-2H3,(H,26,28)/t16-,20+/m1/s1. The summed E-state index contributed by atoms with van der Waals surface area (Å²) < 4.78 is 27.3. The van der Waals surface area contributed by atoms with Gasteiger partial charge in [-0.15, -0.1) is 0 Å². The van der Waals surface area contributed by atoms with E-state index in [-0.39, 0.29) is 30.2 Å². The van der Waals surface area contributed by atoms with Crippen molar-refractivity contribution in [1.82, 2.24) is 9.62 Å². The summed E-state index contributed by atoms with van der Waals surface area (Å²) in [7, 11) is -3.57. The molecule has 2 aromatic rings. The fourth-order valence-corrected chi connectivity index (χ4v) is 5.72. The summed E-state index contributed by atoms with van der Waals surface area (Å²) in [5, 5.41) is 3.76. The molecule has 1 aliphatic rings. The van der Waals surface area contributed by atoms with Crippen LogP contribution in [0.2, 0.25) is 10.0 Å². The summed E-state index contributed by atoms with van der Waals surface area (Å²) in [6, 6.07) is 12.9. The molecule has 0 bridgehead atoms. The lowest BCUT2D eigenvalue weighted by Crippen LogP contribution is -2.46. The molecular formula is C23H28Cl2N2O3S. The number of amides is 1. The van der Waals surface area contributed by atoms with Crippen LogP contribution in [0.15, 0.2) is 42.5 Å². The van der Waals surface area contributed by atoms with E-state index in [9.17, 15) is 13.2 Å². The van der Waals surface area contributed by atoms with Crippen molar-refractivity contribution in [3.8, 4) is 0 Å². The Morgan fingerprint density at radius 1 is 1.13 bits per heavy atom. The number of halogens is 2. The second kappa shape index (κ2) is 10.3. The second-order valence-corrected chi connectivity index (χ2v) is 10.8. The third-order valence-electron chi connectivity index (χ3n) is 5.73. The molecule has 3 rings (SSSR count). The molecule has 1 aliphatic heterocycles. The molecule has 2 atom stereocenters. The van der Waals surface area contributed by atoms with E-state index in [4.69, 9.17) is 23.2 Å². The highest BCUT2D eigenvalue weighted by Crippen LogP contribution is 2.26. The number of piperidine rings is 1. The predicted molar refractivity (Wildman–Crippen MR) is 126 cm³/mol. The molecule has 0 spiro atoms. The summed E-state index contributed by atoms with van der Waals surface area (Å²) in [5.74, 6) is -0.644. The van der Waals surface area contributed by atoms with Gasteiger partial charge in [-0.3, -0.25) is 4.79 Å². The summed E-state index contributed by atoms with van der Waals surface area (Å²) >= 11 is 11.9. The van der Waals surface area contributed by atoms with E-state index in [1.807, 2.05) is 19.1 Å². The van der Waals surface area contributed by atoms with Crippen molar-refractivity contribution >= 4 is 39.1 Å². The van der Waals surface area contributed by atoms with E-state index in [1.54, 1.807) is 18.2 Å². The van der Waals surface area contributed by atoms with E-state index in [0.717, 1.165) is 12.0 Å². The van der Waals surface area contributed by atoms with Crippen LogP contribution in [0.1, 0.15) is 49.4 Å². The summed E-state index contributed by atoms with van der Waals surface area (Å²) in [6.07, 6.45) is 2.29. The molecule has 1 amide bonds. The molecule has 2 aromatic carbocycles. The number of benzene rings is 2. The Kier molecular flexibility index (Phi) is 8.03. The molecule has 1 heterocycles. The van der Waals surface area contributed by atoms with Crippen molar-refractivity contribution in [3.63, 3.8) is 0 Å². The highest BCUT2D eigenvalue weighted by atomic mass is 35.5. The van der Waals surface area contributed by atoms with Gasteiger partial charge in [-0.2, -0.15) is 0 Å². The van der Waals surface area contributed by atoms with Gasteiger partial charge in [0.1, 0.15) is 0 Å². The first-order chi connectivity index (χ1) is 14.7. The minimum absolute atomic E-state index is 0.110. The maximum Gasteiger partial charge on any atom is 0.224 e. The average molecular weight is 483 g/mol. The van der Waals surface area contributed by atoms with Gasteiger partial charge in [-0.05, 0) is 55.0 Å². The highest BCUT2D eigenvalue weighted by molar-refractivity contribution is 7.88. The largest absolute Gasteiger partial charge is 0.349 e. The second-order valence-electron chi connectivity index (χ2n) is 8.03. The topological polar surface area (TPSA) is 66.5 Å². The average Bonchev–Trinajstić information content (AvgIpc) is 2.76. The van der Waals surface area contributed by atoms with Gasteiger partial charge in [0.05, 0.1) is 27.8 Å². The van der Waals surface area contributed by atoms with Gasteiger partial charge < -0.3 is 5.32 Å². The Morgan fingerprint density at radius 3 is 2.45 bits per heavy atom. The van der Waals surface area contributed by atoms with Gasteiger partial charge in [-0.1, -0.05) is 60.5 Å². The Balaban J connectivity index is 1.62. The van der Waals surface area contributed by atoms with Crippen molar-refractivity contribution in [3.05, 3.63) is 69.2 Å². The van der Waals surface area contributed by atoms with Gasteiger partial charge in [0.25, 0.3) is 0 Å². The van der Waals surface area contributed by atoms with Gasteiger partial charge >= 0.3 is 0 Å². The molecule has 1 saturated heterocycles. The molecule has 1 N–H and O–H groups in total. The number of hydrogen-bond donors (Lipinski definition) is 1. The Bertz CT molecular complexity index is 1030. The van der Waals surface area contributed by atoms with E-state index in [1.165, 1.54) is 9.87 Å². The van der Waals surface area contributed by atoms with E-state index in [0.29, 0.717) is 35.0 Å². The number of aryl methyl sites for hydroxylation is 1. The van der Waals surface area contributed by atoms with Gasteiger partial charge in [0, 0.05) is 13.1 Å². The molecular weight excluding hydrogens is 455 g/mol. The summed E-state index contributed by atoms with van der Waals surface area (Å²) in [4.78, 5) is 12.9. The first kappa shape index (κ1) is 24.1. The number of sulfonamides is 1. The zero-order chi connectivity index (χ0) is 22.6. The van der Waals surface area contributed by atoms with Crippen LogP contribution in [0.25, 0.3) is 0 Å². The zero-order valence-electron chi connectivity index (χ0n) is 17.8. The van der Waals surface area contributed by atoms with Crippen LogP contribution in [0.5, 0.6) is 0 Å². The van der Waals surface area contributed by atoms with Crippen LogP contribution in [-0.2, 0) is 27.0 Å². The molecule has 0 aliphatic carbocycles. The van der Waals surface area contributed by atoms with Crippen LogP contribution in [0, 0.1) is 5.92 Å². The number of carbonyl (C=O) groups excluding carboxylic acids is 1. The molecule has 0 saturated carbocycles. The Morgan fingerprint density at radius 2 is 1.81 bits per heavy atom. The van der Waals surface area contributed by atoms with Crippen molar-refractivity contribution in [2.24, 2.45) is 5.92 Å². The van der Waals surface area contributed by atoms with Crippen LogP contribution in [0.3, 0.4) is 0 Å². The lowest BCUT2D eigenvalue weighted by molar-refractivity contribution is -0.126. The fourth-order valence-electron chi connectivity index (χ4n) is 3.80. The molecule has 0 aromatic heterocycles. The minimum atomic E-state index is -3.57. The van der Waals surface area contributed by atoms with Crippen molar-refractivity contribution in [2.45, 2.75) is 44.9 Å². The number of rotatable bonds is 7. The van der Waals surface area contributed by atoms with Gasteiger partial charge in [0.15, 0.2) is 0 Å². The molecule has 5 nitrogen and oxygen atoms in total. The molecule has 31 heavy (non-hydrogen) atoms. The lowest BCUT2D eigenvalue weighted by Gasteiger charge is -2.32. The van der Waals surface area contributed by atoms with Crippen LogP contribution in [0.4, 0.5) is 0 Å². The van der Waals surface area contributed by atoms with Crippen molar-refractivity contribution in [1.29, 1.82) is 0 Å². The monoisotopic (exact) mass is 482 g/mol. The number of nitrogens with zero attached hydrogens (tertiary/aromatic N) is 1. The Labute approximate surface area is 194 Å². The lowest BCUT2D eigenvalue weighted by atomic mass is 9.97. The normalized spacial score (nSPS) is 18.5. The molecule has 8 heteroatoms. The van der Waals surface area contributed by atoms with Crippen LogP contribution < -0.4 is 5.32 Å². The molecule has 168 valence electrons. The third-order valence-corrected chi connectivity index (χ3v) is 8.28. The SMILES string of the molecule is CCc1ccc([C@@H](C)NC(=O)[C@H]2CCCN(S(=O)(=O)Cc3ccc(Cl)c(Cl)c3)C2)cc1. The minimum Gasteiger partial charge on any atom is -0.349 e. The third kappa shape index (κ3) is 6.22. The highest BCUT2D eigenvalue weighted by Gasteiger charge is 2.33. The first-order valence-electron chi connectivity index (χ1n) is 10.5. The number of carbonyl (C=O) groups is 1. The predicted octanol–water partition coefficient (Wildman–Crippen LogP) is 4.98. The zero-order valence-corrected chi connectivity index (χ0v) is 20.1. The van der Waals surface area contributed by atoms with E-state index >= 15 is 0 Å².